The van der Waals surface area contributed by atoms with Crippen molar-refractivity contribution in [2.24, 2.45) is 0 Å². The van der Waals surface area contributed by atoms with E-state index in [0.29, 0.717) is 5.02 Å². The van der Waals surface area contributed by atoms with Crippen molar-refractivity contribution < 1.29 is 4.42 Å². The smallest absolute Gasteiger partial charge is 0.220 e. The van der Waals surface area contributed by atoms with Gasteiger partial charge < -0.3 is 4.42 Å². The molecule has 0 atom stereocenters. The van der Waals surface area contributed by atoms with Crippen molar-refractivity contribution in [2.45, 2.75) is 0 Å². The summed E-state index contributed by atoms with van der Waals surface area (Å²) in [5.41, 5.74) is 6.61. The molecule has 5 heteroatoms. The number of imidazole rings is 2. The number of rotatable bonds is 1. The third-order valence-electron chi connectivity index (χ3n) is 5.81. The van der Waals surface area contributed by atoms with Crippen molar-refractivity contribution in [3.63, 3.8) is 0 Å². The molecule has 0 bridgehead atoms. The molecule has 4 nitrogen and oxygen atoms in total. The van der Waals surface area contributed by atoms with Gasteiger partial charge in [0.1, 0.15) is 11.1 Å². The highest BCUT2D eigenvalue weighted by Crippen LogP contribution is 2.36. The Balaban J connectivity index is 1.72. The molecule has 30 heavy (non-hydrogen) atoms. The lowest BCUT2D eigenvalue weighted by atomic mass is 10.1. The van der Waals surface area contributed by atoms with Gasteiger partial charge in [0.25, 0.3) is 0 Å². The van der Waals surface area contributed by atoms with Gasteiger partial charge in [-0.2, -0.15) is 0 Å². The summed E-state index contributed by atoms with van der Waals surface area (Å²) >= 11 is 6.48. The molecule has 0 spiro atoms. The first-order valence-electron chi connectivity index (χ1n) is 9.78. The minimum Gasteiger partial charge on any atom is -0.454 e. The minimum atomic E-state index is 0.647. The van der Waals surface area contributed by atoms with Crippen LogP contribution in [0.15, 0.2) is 89.3 Å². The number of benzene rings is 4. The zero-order valence-corrected chi connectivity index (χ0v) is 16.5. The molecule has 142 valence electrons. The summed E-state index contributed by atoms with van der Waals surface area (Å²) in [5, 5.41) is 2.85. The fourth-order valence-electron chi connectivity index (χ4n) is 4.54. The SMILES string of the molecule is Clc1cccc2c1nc1n(-c3cccc4c3oc3ccccc34)c3ccccc3n21. The van der Waals surface area contributed by atoms with Crippen molar-refractivity contribution in [3.05, 3.63) is 90.0 Å². The number of halogens is 1. The van der Waals surface area contributed by atoms with Crippen molar-refractivity contribution in [2.75, 3.05) is 0 Å². The summed E-state index contributed by atoms with van der Waals surface area (Å²) in [5.74, 6) is 0.812. The van der Waals surface area contributed by atoms with Crippen LogP contribution in [0.25, 0.3) is 55.5 Å². The van der Waals surface area contributed by atoms with Crippen LogP contribution in [-0.4, -0.2) is 14.0 Å². The monoisotopic (exact) mass is 407 g/mol. The Morgan fingerprint density at radius 3 is 2.37 bits per heavy atom. The molecule has 3 aromatic heterocycles. The zero-order chi connectivity index (χ0) is 19.8. The van der Waals surface area contributed by atoms with E-state index >= 15 is 0 Å². The molecule has 0 saturated heterocycles. The molecular formula is C25H14ClN3O. The van der Waals surface area contributed by atoms with E-state index in [1.165, 1.54) is 0 Å². The van der Waals surface area contributed by atoms with E-state index in [1.54, 1.807) is 0 Å². The summed E-state index contributed by atoms with van der Waals surface area (Å²) in [6.45, 7) is 0. The van der Waals surface area contributed by atoms with Gasteiger partial charge in [-0.1, -0.05) is 60.1 Å². The average molecular weight is 408 g/mol. The second-order valence-corrected chi connectivity index (χ2v) is 7.84. The van der Waals surface area contributed by atoms with E-state index < -0.39 is 0 Å². The first-order chi connectivity index (χ1) is 14.8. The zero-order valence-electron chi connectivity index (χ0n) is 15.7. The van der Waals surface area contributed by atoms with E-state index in [2.05, 4.69) is 51.4 Å². The van der Waals surface area contributed by atoms with Crippen LogP contribution in [0.5, 0.6) is 0 Å². The third kappa shape index (κ3) is 1.94. The predicted molar refractivity (Wildman–Crippen MR) is 122 cm³/mol. The molecule has 0 saturated carbocycles. The molecular weight excluding hydrogens is 394 g/mol. The molecule has 0 aliphatic heterocycles. The maximum Gasteiger partial charge on any atom is 0.220 e. The highest BCUT2D eigenvalue weighted by atomic mass is 35.5. The second kappa shape index (κ2) is 5.65. The van der Waals surface area contributed by atoms with Gasteiger partial charge >= 0.3 is 0 Å². The largest absolute Gasteiger partial charge is 0.454 e. The first kappa shape index (κ1) is 16.1. The normalized spacial score (nSPS) is 12.2. The predicted octanol–water partition coefficient (Wildman–Crippen LogP) is 6.98. The van der Waals surface area contributed by atoms with E-state index in [1.807, 2.05) is 42.5 Å². The van der Waals surface area contributed by atoms with E-state index in [-0.39, 0.29) is 0 Å². The highest BCUT2D eigenvalue weighted by molar-refractivity contribution is 6.35. The number of hydrogen-bond acceptors (Lipinski definition) is 2. The van der Waals surface area contributed by atoms with Crippen molar-refractivity contribution >= 4 is 61.4 Å². The van der Waals surface area contributed by atoms with Crippen LogP contribution < -0.4 is 0 Å². The van der Waals surface area contributed by atoms with Gasteiger partial charge in [-0.3, -0.25) is 8.97 Å². The molecule has 7 aromatic rings. The molecule has 0 amide bonds. The van der Waals surface area contributed by atoms with Gasteiger partial charge in [-0.05, 0) is 36.4 Å². The number of aromatic nitrogens is 3. The lowest BCUT2D eigenvalue weighted by molar-refractivity contribution is 0.666. The van der Waals surface area contributed by atoms with Crippen molar-refractivity contribution in [3.8, 4) is 5.69 Å². The van der Waals surface area contributed by atoms with Crippen molar-refractivity contribution in [1.82, 2.24) is 14.0 Å². The van der Waals surface area contributed by atoms with Crippen molar-refractivity contribution in [1.29, 1.82) is 0 Å². The summed E-state index contributed by atoms with van der Waals surface area (Å²) in [6, 6.07) is 28.6. The van der Waals surface area contributed by atoms with Gasteiger partial charge in [0.2, 0.25) is 5.78 Å². The standard InChI is InChI=1S/C25H14ClN3O/c26-17-9-6-12-20-23(17)27-25-28(20)18-10-2-3-11-19(18)29(25)21-13-5-8-16-15-7-1-4-14-22(15)30-24(16)21/h1-14H. The number of fused-ring (bicyclic) bond motifs is 8. The van der Waals surface area contributed by atoms with Crippen LogP contribution in [0.2, 0.25) is 5.02 Å². The Morgan fingerprint density at radius 2 is 1.43 bits per heavy atom. The molecule has 0 aliphatic carbocycles. The molecule has 0 N–H and O–H groups in total. The van der Waals surface area contributed by atoms with Gasteiger partial charge in [-0.25, -0.2) is 4.98 Å². The molecule has 0 fully saturated rings. The van der Waals surface area contributed by atoms with Crippen LogP contribution in [0.1, 0.15) is 0 Å². The van der Waals surface area contributed by atoms with Crippen LogP contribution in [0.3, 0.4) is 0 Å². The van der Waals surface area contributed by atoms with Crippen LogP contribution in [-0.2, 0) is 0 Å². The molecule has 0 radical (unpaired) electrons. The highest BCUT2D eigenvalue weighted by Gasteiger charge is 2.20. The summed E-state index contributed by atoms with van der Waals surface area (Å²) in [4.78, 5) is 4.94. The third-order valence-corrected chi connectivity index (χ3v) is 6.11. The van der Waals surface area contributed by atoms with Crippen LogP contribution in [0, 0.1) is 0 Å². The maximum absolute atomic E-state index is 6.48. The lowest BCUT2D eigenvalue weighted by Crippen LogP contribution is -1.95. The van der Waals surface area contributed by atoms with E-state index in [9.17, 15) is 0 Å². The molecule has 7 rings (SSSR count). The molecule has 4 aromatic carbocycles. The fourth-order valence-corrected chi connectivity index (χ4v) is 4.75. The Bertz CT molecular complexity index is 1770. The number of nitrogens with zero attached hydrogens (tertiary/aromatic N) is 3. The molecule has 0 aliphatic rings. The van der Waals surface area contributed by atoms with Crippen LogP contribution in [0.4, 0.5) is 0 Å². The number of hydrogen-bond donors (Lipinski definition) is 0. The topological polar surface area (TPSA) is 35.4 Å². The van der Waals surface area contributed by atoms with Gasteiger partial charge in [0, 0.05) is 10.8 Å². The Morgan fingerprint density at radius 1 is 0.700 bits per heavy atom. The summed E-state index contributed by atoms with van der Waals surface area (Å²) < 4.78 is 10.6. The summed E-state index contributed by atoms with van der Waals surface area (Å²) in [6.07, 6.45) is 0. The molecule has 3 heterocycles. The number of para-hydroxylation sites is 5. The van der Waals surface area contributed by atoms with Gasteiger partial charge in [0.05, 0.1) is 27.3 Å². The molecule has 0 unspecified atom stereocenters. The van der Waals surface area contributed by atoms with Crippen LogP contribution >= 0.6 is 11.6 Å². The van der Waals surface area contributed by atoms with E-state index in [4.69, 9.17) is 21.0 Å². The maximum atomic E-state index is 6.48. The first-order valence-corrected chi connectivity index (χ1v) is 10.2. The Kier molecular flexibility index (Phi) is 3.03. The van der Waals surface area contributed by atoms with E-state index in [0.717, 1.165) is 55.5 Å². The second-order valence-electron chi connectivity index (χ2n) is 7.43. The lowest BCUT2D eigenvalue weighted by Gasteiger charge is -2.06. The fraction of sp³-hybridized carbons (Fsp3) is 0. The number of furan rings is 1. The quantitative estimate of drug-likeness (QED) is 0.294. The van der Waals surface area contributed by atoms with Gasteiger partial charge in [0.15, 0.2) is 5.58 Å². The Hall–Kier alpha value is -3.76. The Labute approximate surface area is 175 Å². The minimum absolute atomic E-state index is 0.647. The van der Waals surface area contributed by atoms with Gasteiger partial charge in [-0.15, -0.1) is 0 Å². The average Bonchev–Trinajstić information content (AvgIpc) is 3.43. The summed E-state index contributed by atoms with van der Waals surface area (Å²) in [7, 11) is 0.